The molecule has 10 heteroatoms. The molecule has 0 radical (unpaired) electrons. The SMILES string of the molecule is CCC[Si]1(C)O[Si](C)(CCC2CCC3OC3C2)O[Si](C)(CCC)O[Si](C)(CCC2CCC3OC3C2)O1. The summed E-state index contributed by atoms with van der Waals surface area (Å²) in [6.45, 7) is 13.8. The van der Waals surface area contributed by atoms with E-state index in [1.54, 1.807) is 0 Å². The molecular formula is C26H52O6Si4. The number of epoxide rings is 2. The minimum atomic E-state index is -2.44. The standard InChI is InChI=1S/C26H52O6Si4/c1-7-15-33(3)29-35(5,17-13-21-9-11-23-25(19-21)27-23)31-34(4,16-8-2)32-36(6,30-33)18-14-22-10-12-24-26(20-22)28-24/h21-26H,7-20H2,1-6H3. The molecule has 6 atom stereocenters. The van der Waals surface area contributed by atoms with Crippen molar-refractivity contribution < 1.29 is 25.9 Å². The second-order valence-electron chi connectivity index (χ2n) is 13.3. The van der Waals surface area contributed by atoms with Gasteiger partial charge in [0.1, 0.15) is 0 Å². The van der Waals surface area contributed by atoms with Gasteiger partial charge in [0.2, 0.25) is 0 Å². The number of hydrogen-bond donors (Lipinski definition) is 0. The lowest BCUT2D eigenvalue weighted by Crippen LogP contribution is -2.67. The molecule has 3 saturated heterocycles. The van der Waals surface area contributed by atoms with Gasteiger partial charge in [-0.1, -0.05) is 26.7 Å². The molecule has 6 nitrogen and oxygen atoms in total. The Balaban J connectivity index is 1.29. The maximum atomic E-state index is 7.26. The molecule has 0 aromatic carbocycles. The van der Waals surface area contributed by atoms with Gasteiger partial charge in [-0.2, -0.15) is 0 Å². The zero-order valence-electron chi connectivity index (χ0n) is 23.8. The van der Waals surface area contributed by atoms with Crippen molar-refractivity contribution in [2.24, 2.45) is 11.8 Å². The molecule has 0 amide bonds. The lowest BCUT2D eigenvalue weighted by atomic mass is 9.88. The van der Waals surface area contributed by atoms with Crippen LogP contribution in [0.5, 0.6) is 0 Å². The van der Waals surface area contributed by atoms with Gasteiger partial charge in [0, 0.05) is 0 Å². The number of hydrogen-bond acceptors (Lipinski definition) is 6. The fourth-order valence-corrected chi connectivity index (χ4v) is 31.4. The molecule has 0 aromatic rings. The minimum absolute atomic E-state index is 0.539. The van der Waals surface area contributed by atoms with Crippen LogP contribution in [0.1, 0.15) is 78.1 Å². The summed E-state index contributed by atoms with van der Waals surface area (Å²) in [6, 6.07) is 4.17. The molecule has 3 aliphatic heterocycles. The largest absolute Gasteiger partial charge is 0.416 e. The summed E-state index contributed by atoms with van der Waals surface area (Å²) in [5.74, 6) is 1.50. The van der Waals surface area contributed by atoms with Crippen LogP contribution >= 0.6 is 0 Å². The zero-order chi connectivity index (χ0) is 25.6. The first kappa shape index (κ1) is 28.2. The third-order valence-electron chi connectivity index (χ3n) is 9.37. The second-order valence-corrected chi connectivity index (χ2v) is 27.6. The lowest BCUT2D eigenvalue weighted by molar-refractivity contribution is 0.216. The number of ether oxygens (including phenoxy) is 2. The Morgan fingerprint density at radius 2 is 0.861 bits per heavy atom. The summed E-state index contributed by atoms with van der Waals surface area (Å²) in [4.78, 5) is 0. The maximum Gasteiger partial charge on any atom is 0.317 e. The highest BCUT2D eigenvalue weighted by molar-refractivity contribution is 6.93. The van der Waals surface area contributed by atoms with Crippen LogP contribution in [-0.2, 0) is 25.9 Å². The average molecular weight is 573 g/mol. The quantitative estimate of drug-likeness (QED) is 0.206. The van der Waals surface area contributed by atoms with E-state index in [0.29, 0.717) is 24.4 Å². The van der Waals surface area contributed by atoms with E-state index in [0.717, 1.165) is 48.9 Å². The normalized spacial score (nSPS) is 50.5. The van der Waals surface area contributed by atoms with Crippen molar-refractivity contribution in [1.82, 2.24) is 0 Å². The van der Waals surface area contributed by atoms with E-state index in [1.807, 2.05) is 0 Å². The van der Waals surface area contributed by atoms with Gasteiger partial charge in [-0.3, -0.25) is 0 Å². The van der Waals surface area contributed by atoms with Crippen LogP contribution in [-0.4, -0.2) is 58.7 Å². The van der Waals surface area contributed by atoms with Gasteiger partial charge in [0.05, 0.1) is 24.4 Å². The van der Waals surface area contributed by atoms with Crippen LogP contribution in [0.4, 0.5) is 0 Å². The molecule has 3 heterocycles. The highest BCUT2D eigenvalue weighted by Crippen LogP contribution is 2.45. The summed E-state index contributed by atoms with van der Waals surface area (Å²) >= 11 is 0. The van der Waals surface area contributed by atoms with E-state index >= 15 is 0 Å². The zero-order valence-corrected chi connectivity index (χ0v) is 27.8. The highest BCUT2D eigenvalue weighted by atomic mass is 28.5. The molecule has 5 aliphatic rings. The fraction of sp³-hybridized carbons (Fsp3) is 1.00. The predicted molar refractivity (Wildman–Crippen MR) is 152 cm³/mol. The Morgan fingerprint density at radius 3 is 1.19 bits per heavy atom. The molecule has 2 aliphatic carbocycles. The molecule has 0 N–H and O–H groups in total. The van der Waals surface area contributed by atoms with E-state index in [1.165, 1.54) is 51.4 Å². The molecule has 5 rings (SSSR count). The van der Waals surface area contributed by atoms with Gasteiger partial charge in [-0.15, -0.1) is 0 Å². The van der Waals surface area contributed by atoms with Crippen molar-refractivity contribution in [2.75, 3.05) is 0 Å². The first-order valence-electron chi connectivity index (χ1n) is 15.2. The summed E-state index contributed by atoms with van der Waals surface area (Å²) in [7, 11) is -9.71. The topological polar surface area (TPSA) is 62.0 Å². The Bertz CT molecular complexity index is 697. The van der Waals surface area contributed by atoms with Gasteiger partial charge in [0.15, 0.2) is 0 Å². The highest BCUT2D eigenvalue weighted by Gasteiger charge is 2.57. The van der Waals surface area contributed by atoms with Crippen molar-refractivity contribution >= 4 is 34.2 Å². The first-order chi connectivity index (χ1) is 17.0. The third kappa shape index (κ3) is 7.03. The van der Waals surface area contributed by atoms with E-state index in [9.17, 15) is 0 Å². The first-order valence-corrected chi connectivity index (χ1v) is 25.2. The van der Waals surface area contributed by atoms with E-state index in [-0.39, 0.29) is 0 Å². The molecule has 2 saturated carbocycles. The summed E-state index contributed by atoms with van der Waals surface area (Å²) in [5.41, 5.74) is 0. The Morgan fingerprint density at radius 1 is 0.500 bits per heavy atom. The van der Waals surface area contributed by atoms with Crippen LogP contribution in [0.15, 0.2) is 0 Å². The molecule has 0 bridgehead atoms. The Kier molecular flexibility index (Phi) is 8.52. The fourth-order valence-electron chi connectivity index (χ4n) is 7.66. The predicted octanol–water partition coefficient (Wildman–Crippen LogP) is 7.09. The summed E-state index contributed by atoms with van der Waals surface area (Å²) < 4.78 is 40.7. The van der Waals surface area contributed by atoms with Gasteiger partial charge >= 0.3 is 34.2 Å². The Hall–Kier alpha value is 0.628. The molecule has 6 unspecified atom stereocenters. The number of rotatable bonds is 10. The minimum Gasteiger partial charge on any atom is -0.416 e. The summed E-state index contributed by atoms with van der Waals surface area (Å²) in [6.07, 6.45) is 14.3. The van der Waals surface area contributed by atoms with E-state index in [2.05, 4.69) is 40.0 Å². The van der Waals surface area contributed by atoms with Crippen molar-refractivity contribution in [3.05, 3.63) is 0 Å². The molecule has 36 heavy (non-hydrogen) atoms. The van der Waals surface area contributed by atoms with Gasteiger partial charge in [0.25, 0.3) is 0 Å². The van der Waals surface area contributed by atoms with Crippen LogP contribution < -0.4 is 0 Å². The van der Waals surface area contributed by atoms with Crippen LogP contribution in [0.2, 0.25) is 50.4 Å². The van der Waals surface area contributed by atoms with Gasteiger partial charge < -0.3 is 25.9 Å². The van der Waals surface area contributed by atoms with E-state index in [4.69, 9.17) is 25.9 Å². The maximum absolute atomic E-state index is 7.26. The monoisotopic (exact) mass is 572 g/mol. The Labute approximate surface area is 224 Å². The molecule has 0 spiro atoms. The molecule has 0 aromatic heterocycles. The van der Waals surface area contributed by atoms with Gasteiger partial charge in [-0.05, 0) is 114 Å². The van der Waals surface area contributed by atoms with Crippen molar-refractivity contribution in [2.45, 2.75) is 153 Å². The van der Waals surface area contributed by atoms with Crippen LogP contribution in [0.3, 0.4) is 0 Å². The average Bonchev–Trinajstić information content (AvgIpc) is 3.69. The molecular weight excluding hydrogens is 521 g/mol. The lowest BCUT2D eigenvalue weighted by Gasteiger charge is -2.50. The molecule has 208 valence electrons. The molecule has 5 fully saturated rings. The summed E-state index contributed by atoms with van der Waals surface area (Å²) in [5, 5.41) is 0. The smallest absolute Gasteiger partial charge is 0.317 e. The van der Waals surface area contributed by atoms with Crippen LogP contribution in [0.25, 0.3) is 0 Å². The van der Waals surface area contributed by atoms with Gasteiger partial charge in [-0.25, -0.2) is 0 Å². The van der Waals surface area contributed by atoms with Crippen molar-refractivity contribution in [1.29, 1.82) is 0 Å². The van der Waals surface area contributed by atoms with Crippen LogP contribution in [0, 0.1) is 11.8 Å². The van der Waals surface area contributed by atoms with Crippen molar-refractivity contribution in [3.63, 3.8) is 0 Å². The number of fused-ring (bicyclic) bond motifs is 2. The van der Waals surface area contributed by atoms with Crippen molar-refractivity contribution in [3.8, 4) is 0 Å². The third-order valence-corrected chi connectivity index (χ3v) is 28.4. The van der Waals surface area contributed by atoms with E-state index < -0.39 is 34.2 Å². The second kappa shape index (κ2) is 10.9.